The number of carbonyl (C=O) groups excluding carboxylic acids is 1. The highest BCUT2D eigenvalue weighted by Gasteiger charge is 2.27. The molecule has 2 aromatic rings. The van der Waals surface area contributed by atoms with Crippen molar-refractivity contribution in [3.05, 3.63) is 30.2 Å². The Morgan fingerprint density at radius 2 is 2.37 bits per heavy atom. The Kier molecular flexibility index (Phi) is 3.21. The van der Waals surface area contributed by atoms with Gasteiger partial charge in [0, 0.05) is 26.7 Å². The molecule has 0 saturated carbocycles. The number of benzene rings is 1. The van der Waals surface area contributed by atoms with E-state index in [1.807, 2.05) is 30.1 Å². The van der Waals surface area contributed by atoms with Gasteiger partial charge in [-0.3, -0.25) is 4.79 Å². The van der Waals surface area contributed by atoms with Crippen molar-refractivity contribution in [3.8, 4) is 0 Å². The number of likely N-dealkylation sites (N-methyl/N-ethyl adjacent to an activating group) is 1. The predicted molar refractivity (Wildman–Crippen MR) is 71.7 cm³/mol. The summed E-state index contributed by atoms with van der Waals surface area (Å²) >= 11 is 0. The van der Waals surface area contributed by atoms with E-state index in [9.17, 15) is 4.79 Å². The van der Waals surface area contributed by atoms with Crippen molar-refractivity contribution in [2.45, 2.75) is 6.42 Å². The lowest BCUT2D eigenvalue weighted by Gasteiger charge is -2.30. The summed E-state index contributed by atoms with van der Waals surface area (Å²) in [6.45, 7) is 2.36. The number of nitrogens with one attached hydrogen (secondary N) is 1. The third-order valence-electron chi connectivity index (χ3n) is 3.64. The molecule has 1 N–H and O–H groups in total. The fourth-order valence-electron chi connectivity index (χ4n) is 2.24. The SMILES string of the molecule is CN(CCc1ccc2ncoc2c1)C(=O)C1CNC1. The van der Waals surface area contributed by atoms with E-state index < -0.39 is 0 Å². The summed E-state index contributed by atoms with van der Waals surface area (Å²) in [6, 6.07) is 5.98. The molecule has 0 unspecified atom stereocenters. The Balaban J connectivity index is 1.60. The van der Waals surface area contributed by atoms with E-state index >= 15 is 0 Å². The standard InChI is InChI=1S/C14H17N3O2/c1-17(14(18)11-7-15-8-11)5-4-10-2-3-12-13(6-10)19-9-16-12/h2-3,6,9,11,15H,4-5,7-8H2,1H3. The average molecular weight is 259 g/mol. The minimum Gasteiger partial charge on any atom is -0.443 e. The monoisotopic (exact) mass is 259 g/mol. The Labute approximate surface area is 111 Å². The topological polar surface area (TPSA) is 58.4 Å². The molecule has 100 valence electrons. The van der Waals surface area contributed by atoms with Gasteiger partial charge in [0.2, 0.25) is 5.91 Å². The first-order chi connectivity index (χ1) is 9.24. The molecule has 0 atom stereocenters. The van der Waals surface area contributed by atoms with Gasteiger partial charge >= 0.3 is 0 Å². The van der Waals surface area contributed by atoms with Crippen LogP contribution < -0.4 is 5.32 Å². The second-order valence-corrected chi connectivity index (χ2v) is 5.02. The average Bonchev–Trinajstić information content (AvgIpc) is 2.80. The number of hydrogen-bond acceptors (Lipinski definition) is 4. The molecule has 3 rings (SSSR count). The summed E-state index contributed by atoms with van der Waals surface area (Å²) in [6.07, 6.45) is 2.28. The Morgan fingerprint density at radius 3 is 3.11 bits per heavy atom. The maximum atomic E-state index is 12.0. The molecular weight excluding hydrogens is 242 g/mol. The molecule has 5 nitrogen and oxygen atoms in total. The number of hydrogen-bond donors (Lipinski definition) is 1. The second kappa shape index (κ2) is 5.01. The van der Waals surface area contributed by atoms with Crippen LogP contribution in [0, 0.1) is 5.92 Å². The summed E-state index contributed by atoms with van der Waals surface area (Å²) in [4.78, 5) is 17.9. The van der Waals surface area contributed by atoms with E-state index in [2.05, 4.69) is 10.3 Å². The molecule has 19 heavy (non-hydrogen) atoms. The minimum absolute atomic E-state index is 0.168. The lowest BCUT2D eigenvalue weighted by molar-refractivity contribution is -0.135. The zero-order chi connectivity index (χ0) is 13.2. The third kappa shape index (κ3) is 2.46. The lowest BCUT2D eigenvalue weighted by atomic mass is 10.0. The van der Waals surface area contributed by atoms with Crippen LogP contribution in [0.15, 0.2) is 29.0 Å². The van der Waals surface area contributed by atoms with Crippen molar-refractivity contribution in [3.63, 3.8) is 0 Å². The molecule has 0 aliphatic carbocycles. The molecule has 1 aromatic heterocycles. The highest BCUT2D eigenvalue weighted by atomic mass is 16.3. The van der Waals surface area contributed by atoms with Crippen LogP contribution in [-0.4, -0.2) is 42.5 Å². The molecular formula is C14H17N3O2. The van der Waals surface area contributed by atoms with Crippen molar-refractivity contribution in [1.29, 1.82) is 0 Å². The quantitative estimate of drug-likeness (QED) is 0.891. The van der Waals surface area contributed by atoms with Crippen molar-refractivity contribution in [2.24, 2.45) is 5.92 Å². The van der Waals surface area contributed by atoms with Crippen molar-refractivity contribution >= 4 is 17.0 Å². The largest absolute Gasteiger partial charge is 0.443 e. The molecule has 1 aliphatic heterocycles. The van der Waals surface area contributed by atoms with Crippen LogP contribution in [0.1, 0.15) is 5.56 Å². The van der Waals surface area contributed by atoms with Gasteiger partial charge < -0.3 is 14.6 Å². The van der Waals surface area contributed by atoms with Gasteiger partial charge in [-0.15, -0.1) is 0 Å². The fraction of sp³-hybridized carbons (Fsp3) is 0.429. The summed E-state index contributed by atoms with van der Waals surface area (Å²) in [5, 5.41) is 3.12. The summed E-state index contributed by atoms with van der Waals surface area (Å²) in [7, 11) is 1.87. The maximum Gasteiger partial charge on any atom is 0.228 e. The predicted octanol–water partition coefficient (Wildman–Crippen LogP) is 1.05. The molecule has 1 amide bonds. The van der Waals surface area contributed by atoms with Gasteiger partial charge in [0.1, 0.15) is 5.52 Å². The summed E-state index contributed by atoms with van der Waals surface area (Å²) in [5.74, 6) is 0.404. The van der Waals surface area contributed by atoms with Crippen LogP contribution in [0.25, 0.3) is 11.1 Å². The third-order valence-corrected chi connectivity index (χ3v) is 3.64. The summed E-state index contributed by atoms with van der Waals surface area (Å²) in [5.41, 5.74) is 2.83. The number of amides is 1. The van der Waals surface area contributed by atoms with Gasteiger partial charge in [0.05, 0.1) is 5.92 Å². The van der Waals surface area contributed by atoms with Gasteiger partial charge in [0.15, 0.2) is 12.0 Å². The minimum atomic E-state index is 0.168. The van der Waals surface area contributed by atoms with Crippen LogP contribution >= 0.6 is 0 Å². The van der Waals surface area contributed by atoms with Crippen LogP contribution in [0.2, 0.25) is 0 Å². The second-order valence-electron chi connectivity index (χ2n) is 5.02. The first kappa shape index (κ1) is 12.2. The molecule has 2 heterocycles. The van der Waals surface area contributed by atoms with Crippen LogP contribution in [0.5, 0.6) is 0 Å². The molecule has 5 heteroatoms. The number of fused-ring (bicyclic) bond motifs is 1. The lowest BCUT2D eigenvalue weighted by Crippen LogP contribution is -2.51. The highest BCUT2D eigenvalue weighted by molar-refractivity contribution is 5.80. The maximum absolute atomic E-state index is 12.0. The summed E-state index contributed by atoms with van der Waals surface area (Å²) < 4.78 is 5.28. The molecule has 1 aromatic carbocycles. The van der Waals surface area contributed by atoms with Gasteiger partial charge in [-0.1, -0.05) is 6.07 Å². The molecule has 1 aliphatic rings. The van der Waals surface area contributed by atoms with Gasteiger partial charge in [-0.05, 0) is 24.1 Å². The Hall–Kier alpha value is -1.88. The highest BCUT2D eigenvalue weighted by Crippen LogP contribution is 2.15. The number of carbonyl (C=O) groups is 1. The van der Waals surface area contributed by atoms with Gasteiger partial charge in [-0.25, -0.2) is 4.98 Å². The fourth-order valence-corrected chi connectivity index (χ4v) is 2.24. The molecule has 0 radical (unpaired) electrons. The zero-order valence-electron chi connectivity index (χ0n) is 10.9. The number of aromatic nitrogens is 1. The number of rotatable bonds is 4. The molecule has 1 fully saturated rings. The number of nitrogens with zero attached hydrogens (tertiary/aromatic N) is 2. The van der Waals surface area contributed by atoms with E-state index in [4.69, 9.17) is 4.42 Å². The Morgan fingerprint density at radius 1 is 1.53 bits per heavy atom. The molecule has 1 saturated heterocycles. The van der Waals surface area contributed by atoms with Crippen molar-refractivity contribution in [2.75, 3.05) is 26.7 Å². The Bertz CT molecular complexity index is 589. The normalized spacial score (nSPS) is 15.4. The van der Waals surface area contributed by atoms with Gasteiger partial charge in [-0.2, -0.15) is 0 Å². The van der Waals surface area contributed by atoms with Crippen LogP contribution in [0.4, 0.5) is 0 Å². The first-order valence-electron chi connectivity index (χ1n) is 6.52. The van der Waals surface area contributed by atoms with Crippen LogP contribution in [0.3, 0.4) is 0 Å². The van der Waals surface area contributed by atoms with E-state index in [0.29, 0.717) is 0 Å². The van der Waals surface area contributed by atoms with E-state index in [-0.39, 0.29) is 11.8 Å². The van der Waals surface area contributed by atoms with E-state index in [1.54, 1.807) is 0 Å². The first-order valence-corrected chi connectivity index (χ1v) is 6.52. The van der Waals surface area contributed by atoms with Crippen molar-refractivity contribution in [1.82, 2.24) is 15.2 Å². The van der Waals surface area contributed by atoms with E-state index in [0.717, 1.165) is 42.7 Å². The molecule has 0 spiro atoms. The van der Waals surface area contributed by atoms with Crippen molar-refractivity contribution < 1.29 is 9.21 Å². The zero-order valence-corrected chi connectivity index (χ0v) is 10.9. The van der Waals surface area contributed by atoms with Crippen LogP contribution in [-0.2, 0) is 11.2 Å². The van der Waals surface area contributed by atoms with E-state index in [1.165, 1.54) is 6.39 Å². The van der Waals surface area contributed by atoms with Gasteiger partial charge in [0.25, 0.3) is 0 Å². The number of oxazole rings is 1. The molecule has 0 bridgehead atoms. The smallest absolute Gasteiger partial charge is 0.228 e.